The summed E-state index contributed by atoms with van der Waals surface area (Å²) in [7, 11) is 0. The minimum atomic E-state index is 0.222. The zero-order valence-electron chi connectivity index (χ0n) is 9.21. The van der Waals surface area contributed by atoms with Crippen LogP contribution in [0.15, 0.2) is 22.7 Å². The largest absolute Gasteiger partial charge is 0.399 e. The quantitative estimate of drug-likeness (QED) is 0.677. The van der Waals surface area contributed by atoms with Gasteiger partial charge in [-0.3, -0.25) is 4.79 Å². The zero-order chi connectivity index (χ0) is 11.5. The third-order valence-electron chi connectivity index (χ3n) is 3.19. The van der Waals surface area contributed by atoms with E-state index in [1.54, 1.807) is 6.07 Å². The molecule has 0 aliphatic heterocycles. The van der Waals surface area contributed by atoms with Gasteiger partial charge in [0.25, 0.3) is 0 Å². The molecule has 0 radical (unpaired) electrons. The first-order valence-electron chi connectivity index (χ1n) is 5.74. The van der Waals surface area contributed by atoms with E-state index >= 15 is 0 Å². The maximum absolute atomic E-state index is 12.0. The number of benzene rings is 1. The molecule has 3 heteroatoms. The summed E-state index contributed by atoms with van der Waals surface area (Å²) >= 11 is 3.36. The van der Waals surface area contributed by atoms with Crippen LogP contribution in [0.1, 0.15) is 42.5 Å². The third kappa shape index (κ3) is 2.85. The average molecular weight is 282 g/mol. The van der Waals surface area contributed by atoms with Crippen molar-refractivity contribution in [2.24, 2.45) is 5.92 Å². The number of carbonyl (C=O) groups excluding carboxylic acids is 1. The molecule has 0 unspecified atom stereocenters. The fourth-order valence-corrected chi connectivity index (χ4v) is 2.88. The Labute approximate surface area is 104 Å². The van der Waals surface area contributed by atoms with Crippen molar-refractivity contribution in [2.45, 2.75) is 32.1 Å². The molecule has 0 saturated heterocycles. The molecule has 0 amide bonds. The maximum atomic E-state index is 12.0. The Morgan fingerprint density at radius 2 is 2.00 bits per heavy atom. The number of carbonyl (C=O) groups is 1. The molecule has 16 heavy (non-hydrogen) atoms. The molecular weight excluding hydrogens is 266 g/mol. The van der Waals surface area contributed by atoms with Crippen LogP contribution in [0.2, 0.25) is 0 Å². The summed E-state index contributed by atoms with van der Waals surface area (Å²) in [6.07, 6.45) is 5.64. The van der Waals surface area contributed by atoms with Crippen molar-refractivity contribution in [3.63, 3.8) is 0 Å². The van der Waals surface area contributed by atoms with Gasteiger partial charge in [0.15, 0.2) is 5.78 Å². The molecule has 0 heterocycles. The lowest BCUT2D eigenvalue weighted by Gasteiger charge is -2.08. The van der Waals surface area contributed by atoms with Crippen LogP contribution in [0.25, 0.3) is 0 Å². The number of Topliss-reactive ketones (excluding diaryl/α,β-unsaturated/α-hetero) is 1. The maximum Gasteiger partial charge on any atom is 0.163 e. The van der Waals surface area contributed by atoms with Gasteiger partial charge in [0.2, 0.25) is 0 Å². The molecule has 0 spiro atoms. The van der Waals surface area contributed by atoms with Gasteiger partial charge in [-0.25, -0.2) is 0 Å². The standard InChI is InChI=1S/C13H16BrNO/c14-11-6-10(7-12(15)8-11)13(16)5-9-3-1-2-4-9/h6-9H,1-5,15H2. The van der Waals surface area contributed by atoms with Crippen molar-refractivity contribution < 1.29 is 4.79 Å². The fraction of sp³-hybridized carbons (Fsp3) is 0.462. The Bertz CT molecular complexity index is 377. The van der Waals surface area contributed by atoms with Gasteiger partial charge in [-0.2, -0.15) is 0 Å². The van der Waals surface area contributed by atoms with Crippen LogP contribution in [0, 0.1) is 5.92 Å². The van der Waals surface area contributed by atoms with Gasteiger partial charge in [0.1, 0.15) is 0 Å². The van der Waals surface area contributed by atoms with Crippen molar-refractivity contribution >= 4 is 27.4 Å². The summed E-state index contributed by atoms with van der Waals surface area (Å²) in [5.74, 6) is 0.813. The highest BCUT2D eigenvalue weighted by Crippen LogP contribution is 2.29. The molecule has 1 aromatic rings. The second-order valence-corrected chi connectivity index (χ2v) is 5.47. The van der Waals surface area contributed by atoms with Crippen LogP contribution < -0.4 is 5.73 Å². The Hall–Kier alpha value is -0.830. The van der Waals surface area contributed by atoms with Crippen LogP contribution in [0.4, 0.5) is 5.69 Å². The van der Waals surface area contributed by atoms with Gasteiger partial charge in [0, 0.05) is 22.1 Å². The molecule has 0 aromatic heterocycles. The average Bonchev–Trinajstić information content (AvgIpc) is 2.68. The number of hydrogen-bond donors (Lipinski definition) is 1. The van der Waals surface area contributed by atoms with Crippen molar-refractivity contribution in [1.29, 1.82) is 0 Å². The highest BCUT2D eigenvalue weighted by molar-refractivity contribution is 9.10. The van der Waals surface area contributed by atoms with E-state index in [4.69, 9.17) is 5.73 Å². The van der Waals surface area contributed by atoms with Crippen molar-refractivity contribution in [1.82, 2.24) is 0 Å². The van der Waals surface area contributed by atoms with Crippen molar-refractivity contribution in [2.75, 3.05) is 5.73 Å². The molecule has 0 atom stereocenters. The topological polar surface area (TPSA) is 43.1 Å². The summed E-state index contributed by atoms with van der Waals surface area (Å²) < 4.78 is 0.877. The summed E-state index contributed by atoms with van der Waals surface area (Å²) in [6, 6.07) is 5.43. The molecule has 1 fully saturated rings. The first-order valence-corrected chi connectivity index (χ1v) is 6.54. The minimum absolute atomic E-state index is 0.222. The van der Waals surface area contributed by atoms with E-state index in [0.717, 1.165) is 10.0 Å². The number of hydrogen-bond acceptors (Lipinski definition) is 2. The molecule has 2 nitrogen and oxygen atoms in total. The van der Waals surface area contributed by atoms with E-state index in [1.807, 2.05) is 12.1 Å². The summed E-state index contributed by atoms with van der Waals surface area (Å²) in [6.45, 7) is 0. The van der Waals surface area contributed by atoms with Gasteiger partial charge in [-0.1, -0.05) is 41.6 Å². The molecule has 2 rings (SSSR count). The normalized spacial score (nSPS) is 16.6. The predicted molar refractivity (Wildman–Crippen MR) is 69.5 cm³/mol. The van der Waals surface area contributed by atoms with Gasteiger partial charge >= 0.3 is 0 Å². The van der Waals surface area contributed by atoms with Crippen LogP contribution in [-0.4, -0.2) is 5.78 Å². The van der Waals surface area contributed by atoms with Gasteiger partial charge < -0.3 is 5.73 Å². The highest BCUT2D eigenvalue weighted by Gasteiger charge is 2.19. The number of nitrogen functional groups attached to an aromatic ring is 1. The van der Waals surface area contributed by atoms with Gasteiger partial charge in [-0.15, -0.1) is 0 Å². The van der Waals surface area contributed by atoms with Crippen LogP contribution >= 0.6 is 15.9 Å². The lowest BCUT2D eigenvalue weighted by Crippen LogP contribution is -2.06. The Morgan fingerprint density at radius 1 is 1.31 bits per heavy atom. The van der Waals surface area contributed by atoms with Crippen molar-refractivity contribution in [3.05, 3.63) is 28.2 Å². The lowest BCUT2D eigenvalue weighted by atomic mass is 9.97. The molecule has 1 aliphatic rings. The monoisotopic (exact) mass is 281 g/mol. The Kier molecular flexibility index (Phi) is 3.64. The Morgan fingerprint density at radius 3 is 2.62 bits per heavy atom. The van der Waals surface area contributed by atoms with E-state index in [-0.39, 0.29) is 5.78 Å². The van der Waals surface area contributed by atoms with E-state index < -0.39 is 0 Å². The highest BCUT2D eigenvalue weighted by atomic mass is 79.9. The van der Waals surface area contributed by atoms with Gasteiger partial charge in [0.05, 0.1) is 0 Å². The SMILES string of the molecule is Nc1cc(Br)cc(C(=O)CC2CCCC2)c1. The first kappa shape index (κ1) is 11.6. The van der Waals surface area contributed by atoms with Crippen molar-refractivity contribution in [3.8, 4) is 0 Å². The predicted octanol–water partition coefficient (Wildman–Crippen LogP) is 3.79. The number of ketones is 1. The molecular formula is C13H16BrNO. The molecule has 0 bridgehead atoms. The summed E-state index contributed by atoms with van der Waals surface area (Å²) in [5, 5.41) is 0. The van der Waals surface area contributed by atoms with Gasteiger partial charge in [-0.05, 0) is 24.1 Å². The van der Waals surface area contributed by atoms with E-state index in [9.17, 15) is 4.79 Å². The van der Waals surface area contributed by atoms with Crippen LogP contribution in [0.3, 0.4) is 0 Å². The molecule has 86 valence electrons. The summed E-state index contributed by atoms with van der Waals surface area (Å²) in [5.41, 5.74) is 7.10. The second-order valence-electron chi connectivity index (χ2n) is 4.55. The van der Waals surface area contributed by atoms with E-state index in [1.165, 1.54) is 25.7 Å². The number of nitrogens with two attached hydrogens (primary N) is 1. The summed E-state index contributed by atoms with van der Waals surface area (Å²) in [4.78, 5) is 12.0. The third-order valence-corrected chi connectivity index (χ3v) is 3.65. The molecule has 1 aromatic carbocycles. The molecule has 1 aliphatic carbocycles. The molecule has 2 N–H and O–H groups in total. The zero-order valence-corrected chi connectivity index (χ0v) is 10.8. The van der Waals surface area contributed by atoms with Crippen LogP contribution in [0.5, 0.6) is 0 Å². The van der Waals surface area contributed by atoms with Crippen LogP contribution in [-0.2, 0) is 0 Å². The minimum Gasteiger partial charge on any atom is -0.399 e. The number of halogens is 1. The lowest BCUT2D eigenvalue weighted by molar-refractivity contribution is 0.0962. The number of anilines is 1. The fourth-order valence-electron chi connectivity index (χ4n) is 2.37. The second kappa shape index (κ2) is 5.00. The smallest absolute Gasteiger partial charge is 0.163 e. The first-order chi connectivity index (χ1) is 7.65. The van der Waals surface area contributed by atoms with E-state index in [2.05, 4.69) is 15.9 Å². The Balaban J connectivity index is 2.07. The molecule has 1 saturated carbocycles. The number of rotatable bonds is 3. The van der Waals surface area contributed by atoms with E-state index in [0.29, 0.717) is 18.0 Å².